The number of aromatic nitrogens is 3. The lowest BCUT2D eigenvalue weighted by Crippen LogP contribution is -1.94. The van der Waals surface area contributed by atoms with Crippen LogP contribution in [-0.2, 0) is 0 Å². The van der Waals surface area contributed by atoms with Crippen molar-refractivity contribution in [3.63, 3.8) is 0 Å². The first-order chi connectivity index (χ1) is 5.86. The van der Waals surface area contributed by atoms with Crippen molar-refractivity contribution in [1.29, 1.82) is 0 Å². The Morgan fingerprint density at radius 3 is 2.92 bits per heavy atom. The maximum Gasteiger partial charge on any atom is 0.181 e. The van der Waals surface area contributed by atoms with Gasteiger partial charge in [0.1, 0.15) is 11.5 Å². The topological polar surface area (TPSA) is 64.7 Å². The van der Waals surface area contributed by atoms with Crippen LogP contribution in [-0.4, -0.2) is 15.0 Å². The highest BCUT2D eigenvalue weighted by Crippen LogP contribution is 2.14. The molecule has 2 heterocycles. The molecule has 0 amide bonds. The molecule has 2 aromatic rings. The fourth-order valence-corrected chi connectivity index (χ4v) is 1.35. The van der Waals surface area contributed by atoms with Gasteiger partial charge in [0.15, 0.2) is 5.82 Å². The monoisotopic (exact) mass is 178 g/mol. The van der Waals surface area contributed by atoms with E-state index < -0.39 is 0 Å². The second-order valence-electron chi connectivity index (χ2n) is 2.18. The van der Waals surface area contributed by atoms with E-state index in [4.69, 9.17) is 5.73 Å². The fraction of sp³-hybridized carbons (Fsp3) is 0. The smallest absolute Gasteiger partial charge is 0.181 e. The highest BCUT2D eigenvalue weighted by molar-refractivity contribution is 7.07. The molecule has 2 N–H and O–H groups in total. The molecule has 0 unspecified atom stereocenters. The average molecular weight is 178 g/mol. The van der Waals surface area contributed by atoms with Crippen LogP contribution in [0.15, 0.2) is 23.2 Å². The predicted molar refractivity (Wildman–Crippen MR) is 47.6 cm³/mol. The van der Waals surface area contributed by atoms with E-state index >= 15 is 0 Å². The maximum atomic E-state index is 5.49. The number of nitrogens with two attached hydrogens (primary N) is 1. The summed E-state index contributed by atoms with van der Waals surface area (Å²) >= 11 is 1.51. The standard InChI is InChI=1S/C7H6N4S/c8-6-1-2-9-7(11-6)5-3-12-4-10-5/h1-4H,(H2,8,9,11). The summed E-state index contributed by atoms with van der Waals surface area (Å²) in [5.41, 5.74) is 8.00. The molecule has 0 saturated carbocycles. The number of thiazole rings is 1. The molecule has 60 valence electrons. The van der Waals surface area contributed by atoms with Crippen molar-refractivity contribution < 1.29 is 0 Å². The molecular weight excluding hydrogens is 172 g/mol. The van der Waals surface area contributed by atoms with E-state index in [-0.39, 0.29) is 0 Å². The predicted octanol–water partition coefficient (Wildman–Crippen LogP) is 1.18. The summed E-state index contributed by atoms with van der Waals surface area (Å²) in [6.45, 7) is 0. The van der Waals surface area contributed by atoms with Gasteiger partial charge in [-0.2, -0.15) is 0 Å². The summed E-state index contributed by atoms with van der Waals surface area (Å²) in [5.74, 6) is 1.05. The highest BCUT2D eigenvalue weighted by Gasteiger charge is 2.01. The zero-order chi connectivity index (χ0) is 8.39. The van der Waals surface area contributed by atoms with Crippen molar-refractivity contribution >= 4 is 17.2 Å². The van der Waals surface area contributed by atoms with Gasteiger partial charge in [0.05, 0.1) is 5.51 Å². The number of anilines is 1. The lowest BCUT2D eigenvalue weighted by molar-refractivity contribution is 1.16. The Morgan fingerprint density at radius 1 is 1.33 bits per heavy atom. The molecule has 4 nitrogen and oxygen atoms in total. The third kappa shape index (κ3) is 1.26. The van der Waals surface area contributed by atoms with Crippen LogP contribution in [0.5, 0.6) is 0 Å². The third-order valence-corrected chi connectivity index (χ3v) is 1.93. The molecule has 0 radical (unpaired) electrons. The van der Waals surface area contributed by atoms with Gasteiger partial charge in [0, 0.05) is 11.6 Å². The summed E-state index contributed by atoms with van der Waals surface area (Å²) in [6, 6.07) is 1.65. The SMILES string of the molecule is Nc1ccnc(-c2cscn2)n1. The Bertz CT molecular complexity index is 371. The molecule has 2 rings (SSSR count). The summed E-state index contributed by atoms with van der Waals surface area (Å²) in [5, 5.41) is 1.88. The largest absolute Gasteiger partial charge is 0.384 e. The van der Waals surface area contributed by atoms with Crippen molar-refractivity contribution in [2.24, 2.45) is 0 Å². The van der Waals surface area contributed by atoms with E-state index in [0.717, 1.165) is 5.69 Å². The van der Waals surface area contributed by atoms with Gasteiger partial charge in [-0.05, 0) is 6.07 Å². The van der Waals surface area contributed by atoms with E-state index in [0.29, 0.717) is 11.6 Å². The van der Waals surface area contributed by atoms with Gasteiger partial charge < -0.3 is 5.73 Å². The Balaban J connectivity index is 2.48. The molecule has 0 aliphatic rings. The Labute approximate surface area is 73.1 Å². The molecule has 0 aromatic carbocycles. The van der Waals surface area contributed by atoms with Gasteiger partial charge in [-0.25, -0.2) is 15.0 Å². The number of nitrogen functional groups attached to an aromatic ring is 1. The third-order valence-electron chi connectivity index (χ3n) is 1.34. The van der Waals surface area contributed by atoms with Crippen LogP contribution < -0.4 is 5.73 Å². The molecule has 0 atom stereocenters. The van der Waals surface area contributed by atoms with Crippen molar-refractivity contribution in [2.75, 3.05) is 5.73 Å². The average Bonchev–Trinajstić information content (AvgIpc) is 2.56. The molecule has 5 heteroatoms. The van der Waals surface area contributed by atoms with Gasteiger partial charge in [-0.1, -0.05) is 0 Å². The van der Waals surface area contributed by atoms with Gasteiger partial charge in [0.2, 0.25) is 0 Å². The fourth-order valence-electron chi connectivity index (χ4n) is 0.819. The van der Waals surface area contributed by atoms with Gasteiger partial charge in [-0.15, -0.1) is 11.3 Å². The summed E-state index contributed by atoms with van der Waals surface area (Å²) in [4.78, 5) is 12.1. The lowest BCUT2D eigenvalue weighted by Gasteiger charge is -1.94. The van der Waals surface area contributed by atoms with Gasteiger partial charge in [0.25, 0.3) is 0 Å². The summed E-state index contributed by atoms with van der Waals surface area (Å²) in [6.07, 6.45) is 1.62. The second-order valence-corrected chi connectivity index (χ2v) is 2.90. The van der Waals surface area contributed by atoms with E-state index in [2.05, 4.69) is 15.0 Å². The minimum atomic E-state index is 0.466. The first-order valence-electron chi connectivity index (χ1n) is 3.33. The first kappa shape index (κ1) is 7.17. The zero-order valence-electron chi connectivity index (χ0n) is 6.14. The Morgan fingerprint density at radius 2 is 2.25 bits per heavy atom. The quantitative estimate of drug-likeness (QED) is 0.712. The van der Waals surface area contributed by atoms with Crippen LogP contribution in [0.2, 0.25) is 0 Å². The normalized spacial score (nSPS) is 10.0. The van der Waals surface area contributed by atoms with E-state index in [1.807, 2.05) is 5.38 Å². The minimum absolute atomic E-state index is 0.466. The van der Waals surface area contributed by atoms with Crippen LogP contribution in [0.25, 0.3) is 11.5 Å². The van der Waals surface area contributed by atoms with Crippen LogP contribution in [0.1, 0.15) is 0 Å². The highest BCUT2D eigenvalue weighted by atomic mass is 32.1. The van der Waals surface area contributed by atoms with Crippen molar-refractivity contribution in [3.05, 3.63) is 23.2 Å². The minimum Gasteiger partial charge on any atom is -0.384 e. The van der Waals surface area contributed by atoms with Crippen LogP contribution in [0, 0.1) is 0 Å². The van der Waals surface area contributed by atoms with E-state index in [1.165, 1.54) is 11.3 Å². The molecule has 12 heavy (non-hydrogen) atoms. The van der Waals surface area contributed by atoms with Gasteiger partial charge >= 0.3 is 0 Å². The lowest BCUT2D eigenvalue weighted by atomic mass is 10.4. The van der Waals surface area contributed by atoms with Crippen LogP contribution in [0.4, 0.5) is 5.82 Å². The first-order valence-corrected chi connectivity index (χ1v) is 4.27. The molecule has 0 bridgehead atoms. The van der Waals surface area contributed by atoms with Crippen molar-refractivity contribution in [3.8, 4) is 11.5 Å². The molecular formula is C7H6N4S. The molecule has 0 aliphatic heterocycles. The van der Waals surface area contributed by atoms with E-state index in [1.54, 1.807) is 17.8 Å². The molecule has 0 aliphatic carbocycles. The number of nitrogens with zero attached hydrogens (tertiary/aromatic N) is 3. The molecule has 2 aromatic heterocycles. The summed E-state index contributed by atoms with van der Waals surface area (Å²) < 4.78 is 0. The van der Waals surface area contributed by atoms with Crippen LogP contribution in [0.3, 0.4) is 0 Å². The second kappa shape index (κ2) is 2.86. The van der Waals surface area contributed by atoms with Crippen molar-refractivity contribution in [1.82, 2.24) is 15.0 Å². The summed E-state index contributed by atoms with van der Waals surface area (Å²) in [7, 11) is 0. The Hall–Kier alpha value is -1.49. The number of hydrogen-bond acceptors (Lipinski definition) is 5. The van der Waals surface area contributed by atoms with Gasteiger partial charge in [-0.3, -0.25) is 0 Å². The van der Waals surface area contributed by atoms with E-state index in [9.17, 15) is 0 Å². The van der Waals surface area contributed by atoms with Crippen molar-refractivity contribution in [2.45, 2.75) is 0 Å². The van der Waals surface area contributed by atoms with Crippen LogP contribution >= 0.6 is 11.3 Å². The number of rotatable bonds is 1. The maximum absolute atomic E-state index is 5.49. The molecule has 0 saturated heterocycles. The number of hydrogen-bond donors (Lipinski definition) is 1. The molecule has 0 fully saturated rings. The molecule has 0 spiro atoms. The zero-order valence-corrected chi connectivity index (χ0v) is 6.95. The Kier molecular flexibility index (Phi) is 1.71.